The molecule has 3 heterocycles. The van der Waals surface area contributed by atoms with Crippen molar-refractivity contribution in [2.45, 2.75) is 32.7 Å². The molecule has 1 aliphatic rings. The van der Waals surface area contributed by atoms with Crippen molar-refractivity contribution in [1.29, 1.82) is 0 Å². The monoisotopic (exact) mass is 311 g/mol. The van der Waals surface area contributed by atoms with E-state index in [4.69, 9.17) is 0 Å². The molecule has 0 saturated heterocycles. The number of hydrogen-bond donors (Lipinski definition) is 0. The lowest BCUT2D eigenvalue weighted by Gasteiger charge is -2.20. The Kier molecular flexibility index (Phi) is 3.11. The normalized spacial score (nSPS) is 16.1. The fraction of sp³-hybridized carbons (Fsp3) is 0.353. The van der Waals surface area contributed by atoms with Gasteiger partial charge in [0.2, 0.25) is 0 Å². The molecule has 0 N–H and O–H groups in total. The van der Waals surface area contributed by atoms with Crippen LogP contribution in [0.5, 0.6) is 0 Å². The number of aromatic nitrogens is 3. The van der Waals surface area contributed by atoms with E-state index in [0.29, 0.717) is 5.92 Å². The summed E-state index contributed by atoms with van der Waals surface area (Å²) in [6.45, 7) is 4.06. The third-order valence-corrected chi connectivity index (χ3v) is 5.46. The van der Waals surface area contributed by atoms with Crippen molar-refractivity contribution in [2.75, 3.05) is 0 Å². The molecule has 112 valence electrons. The van der Waals surface area contributed by atoms with Crippen molar-refractivity contribution >= 4 is 21.6 Å². The van der Waals surface area contributed by atoms with Gasteiger partial charge in [0.05, 0.1) is 23.6 Å². The van der Waals surface area contributed by atoms with Gasteiger partial charge < -0.3 is 0 Å². The summed E-state index contributed by atoms with van der Waals surface area (Å²) >= 11 is 1.49. The largest absolute Gasteiger partial charge is 0.289 e. The lowest BCUT2D eigenvalue weighted by Crippen LogP contribution is -2.27. The molecule has 4 nitrogen and oxygen atoms in total. The van der Waals surface area contributed by atoms with Crippen LogP contribution in [0.3, 0.4) is 0 Å². The molecule has 22 heavy (non-hydrogen) atoms. The summed E-state index contributed by atoms with van der Waals surface area (Å²) < 4.78 is 2.55. The standard InChI is InChI=1S/C17H17N3OS/c1-10-4-3-7-18-13(10)15(12-5-6-12)20-9-19-14-11(2)8-22-16(14)17(20)21/h3-4,7-9,12,15H,5-6H2,1-2H3/t15-/m1/s1. The molecule has 5 heteroatoms. The summed E-state index contributed by atoms with van der Waals surface area (Å²) in [4.78, 5) is 22.0. The number of pyridine rings is 1. The van der Waals surface area contributed by atoms with Gasteiger partial charge in [0, 0.05) is 6.20 Å². The summed E-state index contributed by atoms with van der Waals surface area (Å²) in [5.41, 5.74) is 4.10. The summed E-state index contributed by atoms with van der Waals surface area (Å²) in [5, 5.41) is 2.00. The van der Waals surface area contributed by atoms with E-state index in [1.54, 1.807) is 10.9 Å². The highest BCUT2D eigenvalue weighted by atomic mass is 32.1. The van der Waals surface area contributed by atoms with Gasteiger partial charge >= 0.3 is 0 Å². The van der Waals surface area contributed by atoms with Crippen LogP contribution in [0.2, 0.25) is 0 Å². The first-order chi connectivity index (χ1) is 10.7. The first-order valence-corrected chi connectivity index (χ1v) is 8.41. The summed E-state index contributed by atoms with van der Waals surface area (Å²) in [6, 6.07) is 4.01. The maximum absolute atomic E-state index is 12.9. The van der Waals surface area contributed by atoms with E-state index >= 15 is 0 Å². The Hall–Kier alpha value is -2.01. The molecule has 0 bridgehead atoms. The number of nitrogens with zero attached hydrogens (tertiary/aromatic N) is 3. The minimum absolute atomic E-state index is 0.00741. The first kappa shape index (κ1) is 13.6. The van der Waals surface area contributed by atoms with Crippen LogP contribution in [-0.2, 0) is 0 Å². The minimum atomic E-state index is 0.00741. The molecule has 1 fully saturated rings. The number of thiophene rings is 1. The maximum atomic E-state index is 12.9. The Labute approximate surface area is 132 Å². The van der Waals surface area contributed by atoms with E-state index in [1.165, 1.54) is 11.3 Å². The Morgan fingerprint density at radius 2 is 2.09 bits per heavy atom. The third kappa shape index (κ3) is 2.08. The third-order valence-electron chi connectivity index (χ3n) is 4.38. The smallest absolute Gasteiger partial charge is 0.271 e. The van der Waals surface area contributed by atoms with Crippen molar-refractivity contribution in [2.24, 2.45) is 5.92 Å². The van der Waals surface area contributed by atoms with Gasteiger partial charge in [-0.05, 0) is 55.2 Å². The van der Waals surface area contributed by atoms with Gasteiger partial charge in [0.15, 0.2) is 0 Å². The van der Waals surface area contributed by atoms with Gasteiger partial charge in [-0.1, -0.05) is 6.07 Å². The fourth-order valence-electron chi connectivity index (χ4n) is 3.04. The molecule has 0 aliphatic heterocycles. The Morgan fingerprint density at radius 1 is 1.27 bits per heavy atom. The van der Waals surface area contributed by atoms with Crippen LogP contribution in [-0.4, -0.2) is 14.5 Å². The Morgan fingerprint density at radius 3 is 2.82 bits per heavy atom. The van der Waals surface area contributed by atoms with Crippen molar-refractivity contribution in [3.8, 4) is 0 Å². The molecular formula is C17H17N3OS. The van der Waals surface area contributed by atoms with E-state index in [9.17, 15) is 4.79 Å². The lowest BCUT2D eigenvalue weighted by atomic mass is 10.0. The molecule has 0 aromatic carbocycles. The molecule has 0 unspecified atom stereocenters. The van der Waals surface area contributed by atoms with Crippen LogP contribution in [0.25, 0.3) is 10.2 Å². The van der Waals surface area contributed by atoms with Crippen LogP contribution in [0, 0.1) is 19.8 Å². The molecular weight excluding hydrogens is 294 g/mol. The van der Waals surface area contributed by atoms with Crippen molar-refractivity contribution in [3.63, 3.8) is 0 Å². The van der Waals surface area contributed by atoms with Crippen LogP contribution in [0.4, 0.5) is 0 Å². The van der Waals surface area contributed by atoms with E-state index in [0.717, 1.165) is 39.9 Å². The van der Waals surface area contributed by atoms with Crippen LogP contribution in [0.15, 0.2) is 34.8 Å². The first-order valence-electron chi connectivity index (χ1n) is 7.53. The molecule has 3 aromatic rings. The Balaban J connectivity index is 1.93. The van der Waals surface area contributed by atoms with E-state index in [1.807, 2.05) is 24.6 Å². The van der Waals surface area contributed by atoms with Crippen LogP contribution in [0.1, 0.15) is 35.7 Å². The summed E-state index contributed by atoms with van der Waals surface area (Å²) in [7, 11) is 0. The molecule has 4 rings (SSSR count). The quantitative estimate of drug-likeness (QED) is 0.744. The van der Waals surface area contributed by atoms with Gasteiger partial charge in [-0.15, -0.1) is 11.3 Å². The van der Waals surface area contributed by atoms with Crippen molar-refractivity contribution < 1.29 is 0 Å². The zero-order valence-corrected chi connectivity index (χ0v) is 13.4. The zero-order valence-electron chi connectivity index (χ0n) is 12.6. The highest BCUT2D eigenvalue weighted by molar-refractivity contribution is 7.17. The molecule has 3 aromatic heterocycles. The lowest BCUT2D eigenvalue weighted by molar-refractivity contribution is 0.487. The van der Waals surface area contributed by atoms with E-state index in [2.05, 4.69) is 23.0 Å². The van der Waals surface area contributed by atoms with Gasteiger partial charge in [-0.2, -0.15) is 0 Å². The van der Waals surface area contributed by atoms with Crippen LogP contribution < -0.4 is 5.56 Å². The zero-order chi connectivity index (χ0) is 15.3. The van der Waals surface area contributed by atoms with Gasteiger partial charge in [0.1, 0.15) is 4.70 Å². The molecule has 1 atom stereocenters. The van der Waals surface area contributed by atoms with Crippen LogP contribution >= 0.6 is 11.3 Å². The van der Waals surface area contributed by atoms with Gasteiger partial charge in [-0.3, -0.25) is 14.3 Å². The van der Waals surface area contributed by atoms with Crippen molar-refractivity contribution in [1.82, 2.24) is 14.5 Å². The predicted molar refractivity (Wildman–Crippen MR) is 88.5 cm³/mol. The minimum Gasteiger partial charge on any atom is -0.289 e. The summed E-state index contributed by atoms with van der Waals surface area (Å²) in [6.07, 6.45) is 5.81. The number of aryl methyl sites for hydroxylation is 2. The molecule has 0 spiro atoms. The molecule has 1 saturated carbocycles. The average molecular weight is 311 g/mol. The van der Waals surface area contributed by atoms with E-state index in [-0.39, 0.29) is 11.6 Å². The topological polar surface area (TPSA) is 47.8 Å². The molecule has 0 amide bonds. The maximum Gasteiger partial charge on any atom is 0.271 e. The van der Waals surface area contributed by atoms with Crippen molar-refractivity contribution in [3.05, 3.63) is 57.2 Å². The van der Waals surface area contributed by atoms with Gasteiger partial charge in [-0.25, -0.2) is 4.98 Å². The second-order valence-corrected chi connectivity index (χ2v) is 6.92. The summed E-state index contributed by atoms with van der Waals surface area (Å²) in [5.74, 6) is 0.492. The van der Waals surface area contributed by atoms with E-state index < -0.39 is 0 Å². The fourth-order valence-corrected chi connectivity index (χ4v) is 3.98. The SMILES string of the molecule is Cc1cccnc1[C@@H](C1CC1)n1cnc2c(C)csc2c1=O. The predicted octanol–water partition coefficient (Wildman–Crippen LogP) is 3.47. The second-order valence-electron chi connectivity index (χ2n) is 6.04. The molecule has 1 aliphatic carbocycles. The highest BCUT2D eigenvalue weighted by Crippen LogP contribution is 2.43. The number of rotatable bonds is 3. The van der Waals surface area contributed by atoms with Gasteiger partial charge in [0.25, 0.3) is 5.56 Å². The number of hydrogen-bond acceptors (Lipinski definition) is 4. The second kappa shape index (κ2) is 5.02. The Bertz CT molecular complexity index is 908. The number of fused-ring (bicyclic) bond motifs is 1. The average Bonchev–Trinajstić information content (AvgIpc) is 3.27. The highest BCUT2D eigenvalue weighted by Gasteiger charge is 2.36. The molecule has 0 radical (unpaired) electrons.